The second-order valence-electron chi connectivity index (χ2n) is 9.56. The summed E-state index contributed by atoms with van der Waals surface area (Å²) in [6.07, 6.45) is 4.78. The number of ether oxygens (including phenoxy) is 1. The quantitative estimate of drug-likeness (QED) is 0.478. The predicted octanol–water partition coefficient (Wildman–Crippen LogP) is 3.69. The molecule has 0 unspecified atom stereocenters. The Kier molecular flexibility index (Phi) is 7.70. The van der Waals surface area contributed by atoms with Gasteiger partial charge in [0.15, 0.2) is 0 Å². The summed E-state index contributed by atoms with van der Waals surface area (Å²) in [7, 11) is 0. The number of hydrogen-bond donors (Lipinski definition) is 1. The third kappa shape index (κ3) is 6.53. The van der Waals surface area contributed by atoms with E-state index >= 15 is 0 Å². The lowest BCUT2D eigenvalue weighted by atomic mass is 10.1. The summed E-state index contributed by atoms with van der Waals surface area (Å²) < 4.78 is 5.29. The molecule has 1 aromatic carbocycles. The van der Waals surface area contributed by atoms with Crippen molar-refractivity contribution in [2.24, 2.45) is 5.92 Å². The fraction of sp³-hybridized carbons (Fsp3) is 0.625. The lowest BCUT2D eigenvalue weighted by Crippen LogP contribution is -2.36. The molecule has 0 aliphatic carbocycles. The van der Waals surface area contributed by atoms with Gasteiger partial charge in [0.1, 0.15) is 5.60 Å². The summed E-state index contributed by atoms with van der Waals surface area (Å²) >= 11 is 0. The van der Waals surface area contributed by atoms with E-state index in [-0.39, 0.29) is 17.9 Å². The predicted molar refractivity (Wildman–Crippen MR) is 119 cm³/mol. The number of alkyl carbamates (subject to hydrolysis) is 1. The van der Waals surface area contributed by atoms with Crippen LogP contribution in [0.25, 0.3) is 0 Å². The van der Waals surface area contributed by atoms with Gasteiger partial charge in [0, 0.05) is 19.6 Å². The van der Waals surface area contributed by atoms with E-state index in [0.717, 1.165) is 51.7 Å². The van der Waals surface area contributed by atoms with Crippen molar-refractivity contribution in [1.29, 1.82) is 0 Å². The molecule has 0 spiro atoms. The maximum Gasteiger partial charge on any atom is 0.407 e. The summed E-state index contributed by atoms with van der Waals surface area (Å²) in [5.74, 6) is 0.147. The summed E-state index contributed by atoms with van der Waals surface area (Å²) in [6.45, 7) is 9.87. The lowest BCUT2D eigenvalue weighted by Gasteiger charge is -2.21. The number of carbonyl (C=O) groups is 3. The second-order valence-corrected chi connectivity index (χ2v) is 9.56. The van der Waals surface area contributed by atoms with Gasteiger partial charge in [-0.1, -0.05) is 25.0 Å². The number of nitrogens with one attached hydrogen (secondary N) is 1. The Bertz CT molecular complexity index is 767. The fourth-order valence-electron chi connectivity index (χ4n) is 4.23. The maximum atomic E-state index is 12.4. The average Bonchev–Trinajstić information content (AvgIpc) is 3.26. The molecule has 0 bridgehead atoms. The van der Waals surface area contributed by atoms with Crippen molar-refractivity contribution < 1.29 is 19.1 Å². The second kappa shape index (κ2) is 10.3. The van der Waals surface area contributed by atoms with Crippen LogP contribution in [0.3, 0.4) is 0 Å². The highest BCUT2D eigenvalue weighted by atomic mass is 16.6. The van der Waals surface area contributed by atoms with Gasteiger partial charge in [0.2, 0.25) is 0 Å². The van der Waals surface area contributed by atoms with Gasteiger partial charge in [-0.25, -0.2) is 4.79 Å². The highest BCUT2D eigenvalue weighted by Gasteiger charge is 2.34. The molecule has 1 atom stereocenters. The molecular weight excluding hydrogens is 394 g/mol. The molecule has 0 aromatic heterocycles. The Morgan fingerprint density at radius 3 is 2.26 bits per heavy atom. The molecule has 1 saturated heterocycles. The number of rotatable bonds is 9. The number of fused-ring (bicyclic) bond motifs is 1. The van der Waals surface area contributed by atoms with Crippen LogP contribution < -0.4 is 5.32 Å². The van der Waals surface area contributed by atoms with Gasteiger partial charge in [0.05, 0.1) is 11.1 Å². The number of unbranched alkanes of at least 4 members (excludes halogenated alkanes) is 3. The molecule has 0 radical (unpaired) electrons. The third-order valence-electron chi connectivity index (χ3n) is 5.79. The van der Waals surface area contributed by atoms with Gasteiger partial charge < -0.3 is 15.0 Å². The van der Waals surface area contributed by atoms with E-state index in [4.69, 9.17) is 4.74 Å². The van der Waals surface area contributed by atoms with E-state index in [9.17, 15) is 14.4 Å². The summed E-state index contributed by atoms with van der Waals surface area (Å²) in [4.78, 5) is 40.3. The first-order chi connectivity index (χ1) is 14.7. The molecular formula is C24H35N3O4. The van der Waals surface area contributed by atoms with Crippen LogP contribution in [0.5, 0.6) is 0 Å². The Hall–Kier alpha value is -2.41. The highest BCUT2D eigenvalue weighted by Crippen LogP contribution is 2.23. The van der Waals surface area contributed by atoms with Crippen LogP contribution in [0, 0.1) is 5.92 Å². The van der Waals surface area contributed by atoms with Gasteiger partial charge in [-0.15, -0.1) is 0 Å². The normalized spacial score (nSPS) is 19.1. The summed E-state index contributed by atoms with van der Waals surface area (Å²) in [5, 5.41) is 2.88. The summed E-state index contributed by atoms with van der Waals surface area (Å²) in [5.41, 5.74) is 0.583. The third-order valence-corrected chi connectivity index (χ3v) is 5.79. The van der Waals surface area contributed by atoms with Crippen LogP contribution in [0.2, 0.25) is 0 Å². The number of likely N-dealkylation sites (tertiary alicyclic amines) is 1. The standard InChI is InChI=1S/C24H35N3O4/c1-24(2,3)31-23(30)25-16-18-12-15-26(17-18)13-8-4-5-9-14-27-21(28)19-10-6-7-11-20(19)22(27)29/h6-7,10-11,18H,4-5,8-9,12-17H2,1-3H3,(H,25,30)/t18-/m1/s1. The Labute approximate surface area is 185 Å². The molecule has 2 aliphatic heterocycles. The fourth-order valence-corrected chi connectivity index (χ4v) is 4.23. The smallest absolute Gasteiger partial charge is 0.407 e. The molecule has 170 valence electrons. The van der Waals surface area contributed by atoms with Crippen molar-refractivity contribution in [3.8, 4) is 0 Å². The molecule has 2 aliphatic rings. The molecule has 3 amide bonds. The zero-order valence-corrected chi connectivity index (χ0v) is 19.0. The molecule has 0 saturated carbocycles. The summed E-state index contributed by atoms with van der Waals surface area (Å²) in [6, 6.07) is 7.04. The van der Waals surface area contributed by atoms with Crippen LogP contribution in [0.15, 0.2) is 24.3 Å². The highest BCUT2D eigenvalue weighted by molar-refractivity contribution is 6.21. The van der Waals surface area contributed by atoms with E-state index in [1.165, 1.54) is 4.90 Å². The number of carbonyl (C=O) groups excluding carboxylic acids is 3. The monoisotopic (exact) mass is 429 g/mol. The molecule has 1 aromatic rings. The molecule has 2 heterocycles. The number of benzene rings is 1. The van der Waals surface area contributed by atoms with Gasteiger partial charge in [-0.05, 0) is 71.2 Å². The number of amides is 3. The SMILES string of the molecule is CC(C)(C)OC(=O)NC[C@H]1CCN(CCCCCCN2C(=O)c3ccccc3C2=O)C1. The van der Waals surface area contributed by atoms with E-state index in [0.29, 0.717) is 30.1 Å². The van der Waals surface area contributed by atoms with Gasteiger partial charge >= 0.3 is 6.09 Å². The van der Waals surface area contributed by atoms with Crippen LogP contribution in [-0.2, 0) is 4.74 Å². The first-order valence-corrected chi connectivity index (χ1v) is 11.4. The minimum atomic E-state index is -0.467. The number of imide groups is 1. The van der Waals surface area contributed by atoms with E-state index < -0.39 is 5.60 Å². The minimum Gasteiger partial charge on any atom is -0.444 e. The molecule has 1 N–H and O–H groups in total. The average molecular weight is 430 g/mol. The van der Waals surface area contributed by atoms with Crippen molar-refractivity contribution >= 4 is 17.9 Å². The van der Waals surface area contributed by atoms with Gasteiger partial charge in [0.25, 0.3) is 11.8 Å². The first kappa shape index (κ1) is 23.3. The topological polar surface area (TPSA) is 79.0 Å². The number of hydrogen-bond acceptors (Lipinski definition) is 5. The van der Waals surface area contributed by atoms with Crippen molar-refractivity contribution in [2.75, 3.05) is 32.7 Å². The Morgan fingerprint density at radius 2 is 1.65 bits per heavy atom. The molecule has 1 fully saturated rings. The van der Waals surface area contributed by atoms with Crippen LogP contribution in [0.4, 0.5) is 4.79 Å². The van der Waals surface area contributed by atoms with Crippen LogP contribution in [-0.4, -0.2) is 66.0 Å². The zero-order valence-electron chi connectivity index (χ0n) is 19.0. The van der Waals surface area contributed by atoms with E-state index in [1.807, 2.05) is 20.8 Å². The molecule has 31 heavy (non-hydrogen) atoms. The van der Waals surface area contributed by atoms with Crippen LogP contribution in [0.1, 0.15) is 73.6 Å². The Morgan fingerprint density at radius 1 is 1.03 bits per heavy atom. The van der Waals surface area contributed by atoms with Crippen molar-refractivity contribution in [3.05, 3.63) is 35.4 Å². The largest absolute Gasteiger partial charge is 0.444 e. The van der Waals surface area contributed by atoms with Crippen molar-refractivity contribution in [3.63, 3.8) is 0 Å². The van der Waals surface area contributed by atoms with Gasteiger partial charge in [-0.2, -0.15) is 0 Å². The number of nitrogens with zero attached hydrogens (tertiary/aromatic N) is 2. The Balaban J connectivity index is 1.25. The first-order valence-electron chi connectivity index (χ1n) is 11.4. The zero-order chi connectivity index (χ0) is 22.4. The van der Waals surface area contributed by atoms with Crippen molar-refractivity contribution in [2.45, 2.75) is 58.5 Å². The molecule has 7 heteroatoms. The van der Waals surface area contributed by atoms with E-state index in [1.54, 1.807) is 24.3 Å². The lowest BCUT2D eigenvalue weighted by molar-refractivity contribution is 0.0518. The van der Waals surface area contributed by atoms with Crippen molar-refractivity contribution in [1.82, 2.24) is 15.1 Å². The molecule has 7 nitrogen and oxygen atoms in total. The minimum absolute atomic E-state index is 0.163. The maximum absolute atomic E-state index is 12.4. The van der Waals surface area contributed by atoms with Crippen LogP contribution >= 0.6 is 0 Å². The van der Waals surface area contributed by atoms with Gasteiger partial charge in [-0.3, -0.25) is 14.5 Å². The molecule has 3 rings (SSSR count). The van der Waals surface area contributed by atoms with E-state index in [2.05, 4.69) is 10.2 Å².